The average molecular weight is 351 g/mol. The molecule has 6 heteroatoms. The van der Waals surface area contributed by atoms with Crippen LogP contribution in [0.2, 0.25) is 0 Å². The van der Waals surface area contributed by atoms with Gasteiger partial charge < -0.3 is 10.1 Å². The fourth-order valence-corrected chi connectivity index (χ4v) is 2.11. The first kappa shape index (κ1) is 18.9. The Bertz CT molecular complexity index is 815. The number of carbonyl (C=O) groups excluding carboxylic acids is 2. The third kappa shape index (κ3) is 6.24. The fourth-order valence-electron chi connectivity index (χ4n) is 2.11. The highest BCUT2D eigenvalue weighted by Crippen LogP contribution is 2.11. The lowest BCUT2D eigenvalue weighted by molar-refractivity contribution is -0.120. The molecule has 0 heterocycles. The Labute approximate surface area is 152 Å². The molecule has 0 aromatic heterocycles. The monoisotopic (exact) mass is 351 g/mol. The van der Waals surface area contributed by atoms with Gasteiger partial charge in [-0.25, -0.2) is 5.43 Å². The zero-order valence-electron chi connectivity index (χ0n) is 14.6. The first-order chi connectivity index (χ1) is 12.6. The predicted molar refractivity (Wildman–Crippen MR) is 101 cm³/mol. The van der Waals surface area contributed by atoms with Crippen molar-refractivity contribution in [3.63, 3.8) is 0 Å². The van der Waals surface area contributed by atoms with Crippen molar-refractivity contribution in [1.82, 2.24) is 10.7 Å². The van der Waals surface area contributed by atoms with Gasteiger partial charge in [-0.05, 0) is 36.8 Å². The first-order valence-corrected chi connectivity index (χ1v) is 8.09. The van der Waals surface area contributed by atoms with Crippen LogP contribution in [0.3, 0.4) is 0 Å². The summed E-state index contributed by atoms with van der Waals surface area (Å²) < 4.78 is 5.42. The molecule has 2 N–H and O–H groups in total. The maximum atomic E-state index is 12.0. The summed E-state index contributed by atoms with van der Waals surface area (Å²) in [5.41, 5.74) is 4.63. The number of hydrogen-bond donors (Lipinski definition) is 2. The lowest BCUT2D eigenvalue weighted by Gasteiger charge is -2.05. The van der Waals surface area contributed by atoms with E-state index < -0.39 is 5.91 Å². The molecule has 2 amide bonds. The van der Waals surface area contributed by atoms with E-state index in [9.17, 15) is 9.59 Å². The third-order valence-corrected chi connectivity index (χ3v) is 3.32. The smallest absolute Gasteiger partial charge is 0.259 e. The van der Waals surface area contributed by atoms with Gasteiger partial charge in [0.25, 0.3) is 11.8 Å². The molecule has 0 aliphatic carbocycles. The molecule has 2 rings (SSSR count). The summed E-state index contributed by atoms with van der Waals surface area (Å²) in [6.45, 7) is 5.74. The van der Waals surface area contributed by atoms with E-state index in [-0.39, 0.29) is 12.5 Å². The van der Waals surface area contributed by atoms with Gasteiger partial charge in [0.05, 0.1) is 12.8 Å². The molecule has 0 radical (unpaired) electrons. The molecule has 2 aromatic carbocycles. The number of nitrogens with one attached hydrogen (secondary N) is 2. The van der Waals surface area contributed by atoms with Gasteiger partial charge in [-0.1, -0.05) is 42.5 Å². The van der Waals surface area contributed by atoms with Crippen molar-refractivity contribution in [1.29, 1.82) is 0 Å². The third-order valence-electron chi connectivity index (χ3n) is 3.32. The second-order valence-electron chi connectivity index (χ2n) is 5.52. The highest BCUT2D eigenvalue weighted by Gasteiger charge is 2.07. The highest BCUT2D eigenvalue weighted by molar-refractivity contribution is 5.96. The van der Waals surface area contributed by atoms with Crippen molar-refractivity contribution in [2.75, 3.05) is 13.2 Å². The van der Waals surface area contributed by atoms with Crippen LogP contribution in [0.4, 0.5) is 0 Å². The largest absolute Gasteiger partial charge is 0.490 e. The van der Waals surface area contributed by atoms with Crippen LogP contribution in [0.5, 0.6) is 5.75 Å². The maximum absolute atomic E-state index is 12.0. The summed E-state index contributed by atoms with van der Waals surface area (Å²) in [4.78, 5) is 23.7. The Hall–Kier alpha value is -3.41. The summed E-state index contributed by atoms with van der Waals surface area (Å²) in [6, 6.07) is 14.4. The summed E-state index contributed by atoms with van der Waals surface area (Å²) in [5.74, 6) is -0.0354. The summed E-state index contributed by atoms with van der Waals surface area (Å²) in [6.07, 6.45) is 3.16. The van der Waals surface area contributed by atoms with Crippen LogP contribution in [0.1, 0.15) is 21.5 Å². The van der Waals surface area contributed by atoms with Crippen LogP contribution < -0.4 is 15.5 Å². The van der Waals surface area contributed by atoms with Gasteiger partial charge in [-0.3, -0.25) is 9.59 Å². The van der Waals surface area contributed by atoms with Gasteiger partial charge in [-0.15, -0.1) is 0 Å². The van der Waals surface area contributed by atoms with Gasteiger partial charge in [0.1, 0.15) is 12.4 Å². The van der Waals surface area contributed by atoms with Crippen molar-refractivity contribution in [2.45, 2.75) is 6.92 Å². The van der Waals surface area contributed by atoms with Crippen molar-refractivity contribution in [3.05, 3.63) is 77.9 Å². The van der Waals surface area contributed by atoms with Gasteiger partial charge in [-0.2, -0.15) is 5.10 Å². The number of carbonyl (C=O) groups is 2. The van der Waals surface area contributed by atoms with E-state index in [0.717, 1.165) is 11.1 Å². The summed E-state index contributed by atoms with van der Waals surface area (Å²) in [5, 5.41) is 6.43. The Kier molecular flexibility index (Phi) is 7.12. The quantitative estimate of drug-likeness (QED) is 0.435. The SMILES string of the molecule is C=CCOc1cccc(/C=N\NC(=O)CNC(=O)c2cccc(C)c2)c1. The Balaban J connectivity index is 1.80. The molecular formula is C20H21N3O3. The summed E-state index contributed by atoms with van der Waals surface area (Å²) in [7, 11) is 0. The molecule has 26 heavy (non-hydrogen) atoms. The van der Waals surface area contributed by atoms with E-state index in [1.165, 1.54) is 6.21 Å². The molecule has 0 unspecified atom stereocenters. The van der Waals surface area contributed by atoms with Crippen LogP contribution in [0.15, 0.2) is 66.3 Å². The molecular weight excluding hydrogens is 330 g/mol. The van der Waals surface area contributed by atoms with Crippen molar-refractivity contribution >= 4 is 18.0 Å². The molecule has 0 aliphatic rings. The Morgan fingerprint density at radius 2 is 2.00 bits per heavy atom. The maximum Gasteiger partial charge on any atom is 0.259 e. The number of nitrogens with zero attached hydrogens (tertiary/aromatic N) is 1. The van der Waals surface area contributed by atoms with E-state index in [4.69, 9.17) is 4.74 Å². The number of amides is 2. The van der Waals surface area contributed by atoms with E-state index in [1.807, 2.05) is 31.2 Å². The zero-order chi connectivity index (χ0) is 18.8. The average Bonchev–Trinajstić information content (AvgIpc) is 2.65. The highest BCUT2D eigenvalue weighted by atomic mass is 16.5. The van der Waals surface area contributed by atoms with E-state index >= 15 is 0 Å². The molecule has 0 aliphatic heterocycles. The molecule has 0 fully saturated rings. The number of benzene rings is 2. The van der Waals surface area contributed by atoms with Gasteiger partial charge in [0.15, 0.2) is 0 Å². The summed E-state index contributed by atoms with van der Waals surface area (Å²) >= 11 is 0. The molecule has 6 nitrogen and oxygen atoms in total. The van der Waals surface area contributed by atoms with Crippen LogP contribution in [-0.2, 0) is 4.79 Å². The lowest BCUT2D eigenvalue weighted by atomic mass is 10.1. The lowest BCUT2D eigenvalue weighted by Crippen LogP contribution is -2.34. The normalized spacial score (nSPS) is 10.3. The number of aryl methyl sites for hydroxylation is 1. The van der Waals surface area contributed by atoms with Crippen LogP contribution in [0, 0.1) is 6.92 Å². The second-order valence-corrected chi connectivity index (χ2v) is 5.52. The van der Waals surface area contributed by atoms with Gasteiger partial charge in [0.2, 0.25) is 0 Å². The first-order valence-electron chi connectivity index (χ1n) is 8.09. The number of ether oxygens (including phenoxy) is 1. The molecule has 0 saturated carbocycles. The molecule has 0 atom stereocenters. The van der Waals surface area contributed by atoms with Crippen molar-refractivity contribution < 1.29 is 14.3 Å². The van der Waals surface area contributed by atoms with E-state index in [0.29, 0.717) is 17.9 Å². The fraction of sp³-hybridized carbons (Fsp3) is 0.150. The van der Waals surface area contributed by atoms with Crippen molar-refractivity contribution in [2.24, 2.45) is 5.10 Å². The Morgan fingerprint density at radius 1 is 1.19 bits per heavy atom. The minimum Gasteiger partial charge on any atom is -0.490 e. The van der Waals surface area contributed by atoms with Crippen LogP contribution in [-0.4, -0.2) is 31.2 Å². The molecule has 2 aromatic rings. The zero-order valence-corrected chi connectivity index (χ0v) is 14.6. The van der Waals surface area contributed by atoms with E-state index in [1.54, 1.807) is 30.3 Å². The number of hydrazone groups is 1. The van der Waals surface area contributed by atoms with Crippen LogP contribution in [0.25, 0.3) is 0 Å². The van der Waals surface area contributed by atoms with Gasteiger partial charge >= 0.3 is 0 Å². The van der Waals surface area contributed by atoms with Gasteiger partial charge in [0, 0.05) is 5.56 Å². The predicted octanol–water partition coefficient (Wildman–Crippen LogP) is 2.44. The molecule has 134 valence electrons. The molecule has 0 saturated heterocycles. The number of hydrogen-bond acceptors (Lipinski definition) is 4. The van der Waals surface area contributed by atoms with Crippen molar-refractivity contribution in [3.8, 4) is 5.75 Å². The standard InChI is InChI=1S/C20H21N3O3/c1-3-10-26-18-9-5-7-16(12-18)13-22-23-19(24)14-21-20(25)17-8-4-6-15(2)11-17/h3-9,11-13H,1,10,14H2,2H3,(H,21,25)(H,23,24)/b22-13-. The molecule has 0 bridgehead atoms. The second kappa shape index (κ2) is 9.78. The minimum absolute atomic E-state index is 0.160. The number of rotatable bonds is 8. The Morgan fingerprint density at radius 3 is 2.77 bits per heavy atom. The van der Waals surface area contributed by atoms with E-state index in [2.05, 4.69) is 22.4 Å². The molecule has 0 spiro atoms. The minimum atomic E-state index is -0.415. The van der Waals surface area contributed by atoms with Crippen LogP contribution >= 0.6 is 0 Å². The topological polar surface area (TPSA) is 79.8 Å².